The Morgan fingerprint density at radius 1 is 0.758 bits per heavy atom. The molecule has 0 bridgehead atoms. The van der Waals surface area contributed by atoms with Crippen LogP contribution in [0.2, 0.25) is 0 Å². The number of nitrogens with one attached hydrogen (secondary N) is 1. The minimum Gasteiger partial charge on any atom is -0.494 e. The predicted octanol–water partition coefficient (Wildman–Crippen LogP) is 6.58. The molecule has 0 spiro atoms. The van der Waals surface area contributed by atoms with Gasteiger partial charge in [-0.15, -0.1) is 0 Å². The zero-order valence-electron chi connectivity index (χ0n) is 19.9. The van der Waals surface area contributed by atoms with Gasteiger partial charge in [-0.05, 0) is 41.8 Å². The van der Waals surface area contributed by atoms with Crippen LogP contribution in [0.25, 0.3) is 12.2 Å². The molecule has 2 amide bonds. The molecule has 5 heteroatoms. The number of carbonyl (C=O) groups is 2. The molecule has 2 aromatic rings. The molecule has 2 aromatic carbocycles. The van der Waals surface area contributed by atoms with Crippen LogP contribution < -0.4 is 15.8 Å². The number of carbonyl (C=O) groups excluding carboxylic acids is 2. The second kappa shape index (κ2) is 15.7. The lowest BCUT2D eigenvalue weighted by Crippen LogP contribution is -2.29. The maximum absolute atomic E-state index is 11.3. The molecule has 2 rings (SSSR count). The van der Waals surface area contributed by atoms with Crippen molar-refractivity contribution in [3.8, 4) is 5.75 Å². The van der Waals surface area contributed by atoms with Crippen LogP contribution in [-0.4, -0.2) is 18.4 Å². The Bertz CT molecular complexity index is 858. The fourth-order valence-corrected chi connectivity index (χ4v) is 3.52. The number of benzene rings is 2. The normalized spacial score (nSPS) is 10.9. The third-order valence-electron chi connectivity index (χ3n) is 5.51. The van der Waals surface area contributed by atoms with Crippen LogP contribution in [0, 0.1) is 0 Å². The lowest BCUT2D eigenvalue weighted by atomic mass is 10.1. The first kappa shape index (κ1) is 26.2. The highest BCUT2D eigenvalue weighted by Gasteiger charge is 2.07. The van der Waals surface area contributed by atoms with Crippen molar-refractivity contribution in [3.05, 3.63) is 59.7 Å². The van der Waals surface area contributed by atoms with Crippen LogP contribution in [-0.2, 0) is 9.59 Å². The number of ether oxygens (including phenoxy) is 1. The summed E-state index contributed by atoms with van der Waals surface area (Å²) in [5.41, 5.74) is 7.52. The molecule has 178 valence electrons. The lowest BCUT2D eigenvalue weighted by Gasteiger charge is -2.07. The molecular weight excluding hydrogens is 412 g/mol. The first-order valence-corrected chi connectivity index (χ1v) is 12.2. The third kappa shape index (κ3) is 11.4. The molecule has 0 saturated heterocycles. The van der Waals surface area contributed by atoms with Crippen LogP contribution in [0.4, 0.5) is 5.69 Å². The van der Waals surface area contributed by atoms with E-state index in [1.165, 1.54) is 57.8 Å². The van der Waals surface area contributed by atoms with E-state index in [2.05, 4.69) is 12.2 Å². The van der Waals surface area contributed by atoms with E-state index < -0.39 is 11.8 Å². The van der Waals surface area contributed by atoms with Gasteiger partial charge in [0.25, 0.3) is 0 Å². The second-order valence-corrected chi connectivity index (χ2v) is 8.37. The lowest BCUT2D eigenvalue weighted by molar-refractivity contribution is -0.134. The van der Waals surface area contributed by atoms with Crippen LogP contribution >= 0.6 is 0 Å². The summed E-state index contributed by atoms with van der Waals surface area (Å²) in [7, 11) is 0. The van der Waals surface area contributed by atoms with Crippen molar-refractivity contribution >= 4 is 29.7 Å². The fourth-order valence-electron chi connectivity index (χ4n) is 3.52. The molecule has 0 fully saturated rings. The average Bonchev–Trinajstić information content (AvgIpc) is 2.82. The van der Waals surface area contributed by atoms with Crippen molar-refractivity contribution in [3.63, 3.8) is 0 Å². The molecule has 0 aromatic heterocycles. The van der Waals surface area contributed by atoms with Crippen molar-refractivity contribution in [2.45, 2.75) is 71.1 Å². The van der Waals surface area contributed by atoms with Crippen molar-refractivity contribution in [2.24, 2.45) is 5.73 Å². The Hall–Kier alpha value is -3.08. The predicted molar refractivity (Wildman–Crippen MR) is 137 cm³/mol. The largest absolute Gasteiger partial charge is 0.494 e. The molecule has 0 radical (unpaired) electrons. The van der Waals surface area contributed by atoms with E-state index in [4.69, 9.17) is 10.5 Å². The summed E-state index contributed by atoms with van der Waals surface area (Å²) in [6.07, 6.45) is 17.2. The van der Waals surface area contributed by atoms with Crippen molar-refractivity contribution in [1.29, 1.82) is 0 Å². The summed E-state index contributed by atoms with van der Waals surface area (Å²) < 4.78 is 5.87. The van der Waals surface area contributed by atoms with Crippen LogP contribution in [0.3, 0.4) is 0 Å². The van der Waals surface area contributed by atoms with Crippen LogP contribution in [0.5, 0.6) is 5.75 Å². The van der Waals surface area contributed by atoms with E-state index >= 15 is 0 Å². The van der Waals surface area contributed by atoms with Gasteiger partial charge in [0.2, 0.25) is 0 Å². The highest BCUT2D eigenvalue weighted by atomic mass is 16.5. The first-order valence-electron chi connectivity index (χ1n) is 12.2. The third-order valence-corrected chi connectivity index (χ3v) is 5.51. The maximum atomic E-state index is 11.3. The van der Waals surface area contributed by atoms with Gasteiger partial charge < -0.3 is 15.8 Å². The minimum atomic E-state index is -1.00. The van der Waals surface area contributed by atoms with Gasteiger partial charge in [0.15, 0.2) is 0 Å². The molecule has 0 aliphatic rings. The zero-order valence-corrected chi connectivity index (χ0v) is 19.9. The Kier molecular flexibility index (Phi) is 12.4. The molecule has 33 heavy (non-hydrogen) atoms. The summed E-state index contributed by atoms with van der Waals surface area (Å²) in [6, 6.07) is 15.2. The fraction of sp³-hybridized carbons (Fsp3) is 0.429. The van der Waals surface area contributed by atoms with Gasteiger partial charge in [0.05, 0.1) is 6.61 Å². The standard InChI is InChI=1S/C28H38N2O3/c1-2-3-4-5-6-7-8-9-10-11-22-33-26-20-16-24(17-21-26)13-12-23-14-18-25(19-15-23)30-28(32)27(29)31/h12-21H,2-11,22H2,1H3,(H2,29,31)(H,30,32)/b13-12-. The van der Waals surface area contributed by atoms with Crippen LogP contribution in [0.1, 0.15) is 82.3 Å². The first-order chi connectivity index (χ1) is 16.1. The molecule has 0 heterocycles. The van der Waals surface area contributed by atoms with Crippen molar-refractivity contribution < 1.29 is 14.3 Å². The molecule has 0 atom stereocenters. The van der Waals surface area contributed by atoms with Gasteiger partial charge in [0, 0.05) is 5.69 Å². The molecule has 0 aliphatic carbocycles. The van der Waals surface area contributed by atoms with E-state index in [-0.39, 0.29) is 0 Å². The van der Waals surface area contributed by atoms with E-state index in [1.54, 1.807) is 12.1 Å². The van der Waals surface area contributed by atoms with Gasteiger partial charge in [-0.1, -0.05) is 101 Å². The number of anilines is 1. The molecule has 0 unspecified atom stereocenters. The van der Waals surface area contributed by atoms with E-state index in [0.29, 0.717) is 5.69 Å². The van der Waals surface area contributed by atoms with E-state index in [1.807, 2.05) is 48.6 Å². The summed E-state index contributed by atoms with van der Waals surface area (Å²) >= 11 is 0. The van der Waals surface area contributed by atoms with E-state index in [0.717, 1.165) is 29.9 Å². The van der Waals surface area contributed by atoms with Gasteiger partial charge in [-0.3, -0.25) is 9.59 Å². The Morgan fingerprint density at radius 3 is 1.76 bits per heavy atom. The molecule has 5 nitrogen and oxygen atoms in total. The van der Waals surface area contributed by atoms with Crippen molar-refractivity contribution in [2.75, 3.05) is 11.9 Å². The number of rotatable bonds is 15. The summed E-state index contributed by atoms with van der Waals surface area (Å²) in [5.74, 6) is -0.929. The number of nitrogens with two attached hydrogens (primary N) is 1. The van der Waals surface area contributed by atoms with Gasteiger partial charge in [-0.2, -0.15) is 0 Å². The summed E-state index contributed by atoms with van der Waals surface area (Å²) in [5, 5.41) is 2.44. The van der Waals surface area contributed by atoms with Gasteiger partial charge >= 0.3 is 11.8 Å². The monoisotopic (exact) mass is 450 g/mol. The average molecular weight is 451 g/mol. The second-order valence-electron chi connectivity index (χ2n) is 8.37. The van der Waals surface area contributed by atoms with Gasteiger partial charge in [-0.25, -0.2) is 0 Å². The Balaban J connectivity index is 1.62. The minimum absolute atomic E-state index is 0.528. The van der Waals surface area contributed by atoms with Gasteiger partial charge in [0.1, 0.15) is 5.75 Å². The maximum Gasteiger partial charge on any atom is 0.313 e. The Morgan fingerprint density at radius 2 is 1.24 bits per heavy atom. The summed E-state index contributed by atoms with van der Waals surface area (Å²) in [4.78, 5) is 22.1. The molecule has 0 saturated carbocycles. The number of primary amides is 1. The number of hydrogen-bond acceptors (Lipinski definition) is 3. The number of amides is 2. The Labute approximate surface area is 198 Å². The summed E-state index contributed by atoms with van der Waals surface area (Å²) in [6.45, 7) is 3.03. The zero-order chi connectivity index (χ0) is 23.7. The molecule has 3 N–H and O–H groups in total. The number of hydrogen-bond donors (Lipinski definition) is 2. The van der Waals surface area contributed by atoms with Crippen molar-refractivity contribution in [1.82, 2.24) is 0 Å². The SMILES string of the molecule is CCCCCCCCCCCCOc1ccc(/C=C\c2ccc(NC(=O)C(N)=O)cc2)cc1. The quantitative estimate of drug-likeness (QED) is 0.183. The molecular formula is C28H38N2O3. The van der Waals surface area contributed by atoms with Crippen LogP contribution in [0.15, 0.2) is 48.5 Å². The highest BCUT2D eigenvalue weighted by Crippen LogP contribution is 2.17. The smallest absolute Gasteiger partial charge is 0.313 e. The molecule has 0 aliphatic heterocycles. The van der Waals surface area contributed by atoms with E-state index in [9.17, 15) is 9.59 Å². The number of unbranched alkanes of at least 4 members (excludes halogenated alkanes) is 9. The topological polar surface area (TPSA) is 81.4 Å². The highest BCUT2D eigenvalue weighted by molar-refractivity contribution is 6.39.